The van der Waals surface area contributed by atoms with Gasteiger partial charge in [0.1, 0.15) is 0 Å². The van der Waals surface area contributed by atoms with Crippen molar-refractivity contribution < 1.29 is 0 Å². The SMILES string of the molecule is CSNc1cccc(Cl)c1. The molecule has 0 radical (unpaired) electrons. The second-order valence-electron chi connectivity index (χ2n) is 1.82. The molecule has 1 aromatic rings. The van der Waals surface area contributed by atoms with Gasteiger partial charge in [-0.05, 0) is 18.2 Å². The highest BCUT2D eigenvalue weighted by atomic mass is 35.5. The molecule has 54 valence electrons. The van der Waals surface area contributed by atoms with E-state index in [1.165, 1.54) is 0 Å². The average molecular weight is 174 g/mol. The summed E-state index contributed by atoms with van der Waals surface area (Å²) in [7, 11) is 0. The van der Waals surface area contributed by atoms with E-state index in [-0.39, 0.29) is 0 Å². The van der Waals surface area contributed by atoms with Gasteiger partial charge in [0.2, 0.25) is 0 Å². The van der Waals surface area contributed by atoms with Gasteiger partial charge in [-0.25, -0.2) is 0 Å². The number of rotatable bonds is 2. The van der Waals surface area contributed by atoms with Gasteiger partial charge in [-0.15, -0.1) is 0 Å². The Kier molecular flexibility index (Phi) is 2.90. The zero-order valence-electron chi connectivity index (χ0n) is 5.60. The Morgan fingerprint density at radius 2 is 2.30 bits per heavy atom. The van der Waals surface area contributed by atoms with Crippen molar-refractivity contribution in [3.63, 3.8) is 0 Å². The van der Waals surface area contributed by atoms with Gasteiger partial charge in [-0.3, -0.25) is 0 Å². The van der Waals surface area contributed by atoms with Crippen molar-refractivity contribution in [2.24, 2.45) is 0 Å². The number of nitrogens with one attached hydrogen (secondary N) is 1. The minimum absolute atomic E-state index is 0.763. The molecule has 1 aromatic carbocycles. The van der Waals surface area contributed by atoms with E-state index in [1.807, 2.05) is 30.5 Å². The highest BCUT2D eigenvalue weighted by molar-refractivity contribution is 7.99. The lowest BCUT2D eigenvalue weighted by Crippen LogP contribution is -1.82. The molecule has 1 N–H and O–H groups in total. The summed E-state index contributed by atoms with van der Waals surface area (Å²) < 4.78 is 3.08. The molecule has 0 saturated heterocycles. The monoisotopic (exact) mass is 173 g/mol. The predicted octanol–water partition coefficient (Wildman–Crippen LogP) is 3.03. The topological polar surface area (TPSA) is 12.0 Å². The molecule has 0 aromatic heterocycles. The van der Waals surface area contributed by atoms with E-state index in [0.717, 1.165) is 10.7 Å². The van der Waals surface area contributed by atoms with E-state index in [9.17, 15) is 0 Å². The molecule has 10 heavy (non-hydrogen) atoms. The van der Waals surface area contributed by atoms with Crippen LogP contribution in [0.1, 0.15) is 0 Å². The average Bonchev–Trinajstić information content (AvgIpc) is 1.88. The van der Waals surface area contributed by atoms with Gasteiger partial charge in [-0.2, -0.15) is 0 Å². The summed E-state index contributed by atoms with van der Waals surface area (Å²) in [5.74, 6) is 0. The molecular formula is C7H8ClNS. The van der Waals surface area contributed by atoms with Gasteiger partial charge in [0.15, 0.2) is 0 Å². The summed E-state index contributed by atoms with van der Waals surface area (Å²) in [6.45, 7) is 0. The van der Waals surface area contributed by atoms with Gasteiger partial charge in [0, 0.05) is 17.0 Å². The number of halogens is 1. The minimum atomic E-state index is 0.763. The molecule has 1 rings (SSSR count). The van der Waals surface area contributed by atoms with Crippen LogP contribution in [0, 0.1) is 0 Å². The maximum atomic E-state index is 5.73. The lowest BCUT2D eigenvalue weighted by Gasteiger charge is -2.00. The number of benzene rings is 1. The standard InChI is InChI=1S/C7H8ClNS/c1-10-9-7-4-2-3-6(8)5-7/h2-5,9H,1H3. The molecule has 3 heteroatoms. The molecule has 0 aliphatic heterocycles. The fraction of sp³-hybridized carbons (Fsp3) is 0.143. The third-order valence-corrected chi connectivity index (χ3v) is 1.72. The molecule has 0 amide bonds. The van der Waals surface area contributed by atoms with Crippen molar-refractivity contribution in [3.8, 4) is 0 Å². The molecule has 0 heterocycles. The van der Waals surface area contributed by atoms with E-state index >= 15 is 0 Å². The molecule has 0 saturated carbocycles. The third kappa shape index (κ3) is 2.12. The Labute approximate surface area is 69.9 Å². The van der Waals surface area contributed by atoms with Gasteiger partial charge < -0.3 is 4.72 Å². The van der Waals surface area contributed by atoms with Gasteiger partial charge in [-0.1, -0.05) is 29.6 Å². The van der Waals surface area contributed by atoms with E-state index in [1.54, 1.807) is 11.9 Å². The van der Waals surface area contributed by atoms with Crippen LogP contribution in [0.2, 0.25) is 5.02 Å². The summed E-state index contributed by atoms with van der Waals surface area (Å²) >= 11 is 7.29. The molecule has 0 atom stereocenters. The Morgan fingerprint density at radius 1 is 1.50 bits per heavy atom. The molecule has 0 aliphatic rings. The van der Waals surface area contributed by atoms with Crippen molar-refractivity contribution in [3.05, 3.63) is 29.3 Å². The van der Waals surface area contributed by atoms with Gasteiger partial charge in [0.05, 0.1) is 0 Å². The fourth-order valence-electron chi connectivity index (χ4n) is 0.670. The number of hydrogen-bond donors (Lipinski definition) is 1. The smallest absolute Gasteiger partial charge is 0.0454 e. The maximum Gasteiger partial charge on any atom is 0.0454 e. The first-order valence-electron chi connectivity index (χ1n) is 2.87. The van der Waals surface area contributed by atoms with Crippen LogP contribution in [-0.2, 0) is 0 Å². The first-order chi connectivity index (χ1) is 4.83. The van der Waals surface area contributed by atoms with Crippen LogP contribution < -0.4 is 4.72 Å². The summed E-state index contributed by atoms with van der Waals surface area (Å²) in [6, 6.07) is 7.63. The van der Waals surface area contributed by atoms with Crippen LogP contribution >= 0.6 is 23.5 Å². The summed E-state index contributed by atoms with van der Waals surface area (Å²) in [5.41, 5.74) is 1.04. The van der Waals surface area contributed by atoms with E-state index < -0.39 is 0 Å². The van der Waals surface area contributed by atoms with Crippen molar-refractivity contribution in [2.45, 2.75) is 0 Å². The Bertz CT molecular complexity index is 215. The van der Waals surface area contributed by atoms with E-state index in [0.29, 0.717) is 0 Å². The van der Waals surface area contributed by atoms with Crippen molar-refractivity contribution in [1.82, 2.24) is 0 Å². The number of hydrogen-bond acceptors (Lipinski definition) is 2. The molecule has 0 bridgehead atoms. The van der Waals surface area contributed by atoms with E-state index in [4.69, 9.17) is 11.6 Å². The molecule has 0 aliphatic carbocycles. The molecule has 0 fully saturated rings. The summed E-state index contributed by atoms with van der Waals surface area (Å²) in [5, 5.41) is 0.763. The molecular weight excluding hydrogens is 166 g/mol. The number of anilines is 1. The Balaban J connectivity index is 2.75. The highest BCUT2D eigenvalue weighted by Crippen LogP contribution is 2.16. The zero-order valence-corrected chi connectivity index (χ0v) is 7.17. The summed E-state index contributed by atoms with van der Waals surface area (Å²) in [4.78, 5) is 0. The molecule has 0 unspecified atom stereocenters. The molecule has 0 spiro atoms. The molecule has 1 nitrogen and oxygen atoms in total. The largest absolute Gasteiger partial charge is 0.330 e. The first kappa shape index (κ1) is 7.76. The first-order valence-corrected chi connectivity index (χ1v) is 4.48. The highest BCUT2D eigenvalue weighted by Gasteiger charge is 1.89. The Morgan fingerprint density at radius 3 is 2.90 bits per heavy atom. The van der Waals surface area contributed by atoms with Crippen molar-refractivity contribution in [1.29, 1.82) is 0 Å². The van der Waals surface area contributed by atoms with E-state index in [2.05, 4.69) is 4.72 Å². The second kappa shape index (κ2) is 3.74. The predicted molar refractivity (Wildman–Crippen MR) is 48.6 cm³/mol. The van der Waals surface area contributed by atoms with Crippen LogP contribution in [0.3, 0.4) is 0 Å². The maximum absolute atomic E-state index is 5.73. The van der Waals surface area contributed by atoms with Crippen molar-refractivity contribution in [2.75, 3.05) is 11.0 Å². The third-order valence-electron chi connectivity index (χ3n) is 1.04. The van der Waals surface area contributed by atoms with Crippen LogP contribution in [-0.4, -0.2) is 6.26 Å². The van der Waals surface area contributed by atoms with Gasteiger partial charge in [0.25, 0.3) is 0 Å². The zero-order chi connectivity index (χ0) is 7.40. The normalized spacial score (nSPS) is 9.40. The van der Waals surface area contributed by atoms with Crippen LogP contribution in [0.25, 0.3) is 0 Å². The van der Waals surface area contributed by atoms with Crippen LogP contribution in [0.5, 0.6) is 0 Å². The fourth-order valence-corrected chi connectivity index (χ4v) is 1.22. The second-order valence-corrected chi connectivity index (χ2v) is 2.87. The quantitative estimate of drug-likeness (QED) is 0.691. The minimum Gasteiger partial charge on any atom is -0.330 e. The Hall–Kier alpha value is -0.340. The van der Waals surface area contributed by atoms with Gasteiger partial charge >= 0.3 is 0 Å². The lowest BCUT2D eigenvalue weighted by molar-refractivity contribution is 1.68. The van der Waals surface area contributed by atoms with Crippen LogP contribution in [0.4, 0.5) is 5.69 Å². The van der Waals surface area contributed by atoms with Crippen molar-refractivity contribution >= 4 is 29.2 Å². The summed E-state index contributed by atoms with van der Waals surface area (Å²) in [6.07, 6.45) is 1.97. The van der Waals surface area contributed by atoms with Crippen LogP contribution in [0.15, 0.2) is 24.3 Å². The lowest BCUT2D eigenvalue weighted by atomic mass is 10.3.